The van der Waals surface area contributed by atoms with Crippen LogP contribution in [0.15, 0.2) is 60.8 Å². The van der Waals surface area contributed by atoms with E-state index in [0.717, 1.165) is 97.2 Å². The third-order valence-electron chi connectivity index (χ3n) is 16.8. The van der Waals surface area contributed by atoms with Crippen LogP contribution in [0.1, 0.15) is 157 Å². The van der Waals surface area contributed by atoms with Crippen LogP contribution in [0.2, 0.25) is 0 Å². The van der Waals surface area contributed by atoms with Gasteiger partial charge in [0.2, 0.25) is 0 Å². The minimum Gasteiger partial charge on any atom is -0.469 e. The van der Waals surface area contributed by atoms with E-state index >= 15 is 0 Å². The van der Waals surface area contributed by atoms with Crippen LogP contribution >= 0.6 is 11.3 Å². The largest absolute Gasteiger partial charge is 0.469 e. The number of aromatic nitrogens is 4. The number of anilines is 2. The lowest BCUT2D eigenvalue weighted by Gasteiger charge is -2.69. The van der Waals surface area contributed by atoms with E-state index in [1.807, 2.05) is 101 Å². The second-order valence-electron chi connectivity index (χ2n) is 26.1. The smallest absolute Gasteiger partial charge is 0.410 e. The minimum atomic E-state index is -0.756. The number of nitrogens with one attached hydrogen (secondary N) is 1. The van der Waals surface area contributed by atoms with Crippen molar-refractivity contribution in [2.75, 3.05) is 56.7 Å². The van der Waals surface area contributed by atoms with E-state index in [9.17, 15) is 19.2 Å². The maximum absolute atomic E-state index is 14.3. The van der Waals surface area contributed by atoms with Gasteiger partial charge in [-0.25, -0.2) is 19.6 Å². The summed E-state index contributed by atoms with van der Waals surface area (Å²) < 4.78 is 27.2. The number of fused-ring (bicyclic) bond motifs is 2. The molecule has 6 aliphatic rings. The Labute approximate surface area is 463 Å². The molecule has 0 radical (unpaired) electrons. The van der Waals surface area contributed by atoms with E-state index in [2.05, 4.69) is 51.6 Å². The number of pyridine rings is 1. The fourth-order valence-electron chi connectivity index (χ4n) is 14.9. The molecule has 2 atom stereocenters. The molecule has 11 rings (SSSR count). The number of likely N-dealkylation sites (tertiary alicyclic amines) is 1. The lowest BCUT2D eigenvalue weighted by atomic mass is 9.39. The second-order valence-corrected chi connectivity index (χ2v) is 27.1. The molecule has 2 amide bonds. The van der Waals surface area contributed by atoms with Crippen molar-refractivity contribution in [2.24, 2.45) is 16.2 Å². The van der Waals surface area contributed by atoms with E-state index < -0.39 is 17.2 Å². The van der Waals surface area contributed by atoms with Crippen LogP contribution in [0.25, 0.3) is 21.3 Å². The molecule has 4 aliphatic carbocycles. The van der Waals surface area contributed by atoms with E-state index in [0.29, 0.717) is 74.1 Å². The lowest BCUT2D eigenvalue weighted by molar-refractivity contribution is -0.249. The lowest BCUT2D eigenvalue weighted by Crippen LogP contribution is -2.64. The van der Waals surface area contributed by atoms with Gasteiger partial charge in [-0.05, 0) is 177 Å². The Balaban J connectivity index is 0.862. The number of carbonyl (C=O) groups is 4. The fraction of sp³-hybridized carbons (Fsp3) is 0.590. The first-order chi connectivity index (χ1) is 36.9. The summed E-state index contributed by atoms with van der Waals surface area (Å²) >= 11 is 1.45. The molecular formula is C61H80N8O8S. The van der Waals surface area contributed by atoms with E-state index in [1.165, 1.54) is 24.9 Å². The quantitative estimate of drug-likeness (QED) is 0.0732. The van der Waals surface area contributed by atoms with Crippen molar-refractivity contribution in [1.82, 2.24) is 29.5 Å². The summed E-state index contributed by atoms with van der Waals surface area (Å²) in [6.45, 7) is 23.5. The average molecular weight is 1090 g/mol. The van der Waals surface area contributed by atoms with Gasteiger partial charge in [0, 0.05) is 74.1 Å². The Bertz CT molecular complexity index is 3020. The van der Waals surface area contributed by atoms with E-state index in [1.54, 1.807) is 0 Å². The summed E-state index contributed by atoms with van der Waals surface area (Å²) in [6.07, 6.45) is 11.4. The number of methoxy groups -OCH3 is 1. The molecular weight excluding hydrogens is 1000 g/mol. The average Bonchev–Trinajstić information content (AvgIpc) is 3.37. The number of ether oxygens (including phenoxy) is 4. The Kier molecular flexibility index (Phi) is 15.1. The van der Waals surface area contributed by atoms with Gasteiger partial charge in [-0.2, -0.15) is 5.10 Å². The molecule has 4 saturated carbocycles. The van der Waals surface area contributed by atoms with Crippen LogP contribution in [0.3, 0.4) is 0 Å². The number of para-hydroxylation sites is 1. The molecule has 4 bridgehead atoms. The number of carbonyl (C=O) groups excluding carboxylic acids is 4. The number of benzene rings is 2. The van der Waals surface area contributed by atoms with E-state index in [4.69, 9.17) is 29.0 Å². The molecule has 16 nitrogen and oxygen atoms in total. The zero-order valence-electron chi connectivity index (χ0n) is 47.6. The number of hydrogen-bond donors (Lipinski definition) is 1. The molecule has 3 aromatic heterocycles. The summed E-state index contributed by atoms with van der Waals surface area (Å²) in [6, 6.07) is 17.9. The first-order valence-electron chi connectivity index (χ1n) is 28.1. The van der Waals surface area contributed by atoms with Gasteiger partial charge in [-0.1, -0.05) is 49.4 Å². The molecule has 0 spiro atoms. The number of rotatable bonds is 16. The van der Waals surface area contributed by atoms with Gasteiger partial charge in [-0.15, -0.1) is 0 Å². The number of piperidine rings is 1. The van der Waals surface area contributed by atoms with Crippen molar-refractivity contribution in [3.05, 3.63) is 88.9 Å². The molecule has 2 aliphatic heterocycles. The topological polar surface area (TPSA) is 171 Å². The number of amides is 2. The zero-order valence-corrected chi connectivity index (χ0v) is 48.4. The van der Waals surface area contributed by atoms with Crippen molar-refractivity contribution in [3.8, 4) is 11.1 Å². The first-order valence-corrected chi connectivity index (χ1v) is 29.0. The van der Waals surface area contributed by atoms with Gasteiger partial charge < -0.3 is 28.7 Å². The highest BCUT2D eigenvalue weighted by molar-refractivity contribution is 7.22. The molecule has 5 heterocycles. The highest BCUT2D eigenvalue weighted by Crippen LogP contribution is 2.72. The third kappa shape index (κ3) is 12.1. The predicted octanol–water partition coefficient (Wildman–Crippen LogP) is 11.4. The fourth-order valence-corrected chi connectivity index (χ4v) is 15.7. The molecule has 2 aromatic carbocycles. The molecule has 78 heavy (non-hydrogen) atoms. The first kappa shape index (κ1) is 55.4. The third-order valence-corrected chi connectivity index (χ3v) is 17.8. The van der Waals surface area contributed by atoms with Crippen LogP contribution in [0.5, 0.6) is 0 Å². The van der Waals surface area contributed by atoms with Gasteiger partial charge in [0.1, 0.15) is 17.0 Å². The van der Waals surface area contributed by atoms with E-state index in [-0.39, 0.29) is 51.6 Å². The van der Waals surface area contributed by atoms with Gasteiger partial charge in [0.05, 0.1) is 35.7 Å². The Morgan fingerprint density at radius 2 is 1.55 bits per heavy atom. The van der Waals surface area contributed by atoms with Crippen LogP contribution in [-0.2, 0) is 43.3 Å². The summed E-state index contributed by atoms with van der Waals surface area (Å²) in [7, 11) is 1.44. The summed E-state index contributed by atoms with van der Waals surface area (Å²) in [5, 5.41) is 8.71. The molecule has 418 valence electrons. The minimum absolute atomic E-state index is 0.0498. The summed E-state index contributed by atoms with van der Waals surface area (Å²) in [5.41, 5.74) is 4.75. The van der Waals surface area contributed by atoms with Gasteiger partial charge in [0.15, 0.2) is 10.8 Å². The Morgan fingerprint density at radius 1 is 0.821 bits per heavy atom. The van der Waals surface area contributed by atoms with Crippen molar-refractivity contribution in [1.29, 1.82) is 0 Å². The molecule has 17 heteroatoms. The highest BCUT2D eigenvalue weighted by atomic mass is 32.1. The normalized spacial score (nSPS) is 24.1. The monoisotopic (exact) mass is 1080 g/mol. The molecule has 1 N–H and O–H groups in total. The Hall–Kier alpha value is -5.91. The van der Waals surface area contributed by atoms with Gasteiger partial charge >= 0.3 is 18.0 Å². The van der Waals surface area contributed by atoms with Crippen molar-refractivity contribution in [3.63, 3.8) is 0 Å². The van der Waals surface area contributed by atoms with Crippen LogP contribution in [0, 0.1) is 23.2 Å². The molecule has 5 aromatic rings. The van der Waals surface area contributed by atoms with Gasteiger partial charge in [-0.3, -0.25) is 24.5 Å². The maximum Gasteiger partial charge on any atom is 0.410 e. The van der Waals surface area contributed by atoms with Crippen LogP contribution in [-0.4, -0.2) is 123 Å². The number of nitrogens with zero attached hydrogens (tertiary/aromatic N) is 7. The van der Waals surface area contributed by atoms with Crippen molar-refractivity contribution >= 4 is 56.4 Å². The SMILES string of the molecule is COC(=O)CCCN(CCO[C@]12CC3(C)CC(C)(C[C@@](Cn4ncc(-c5ccc(N6CCc7cccc(C(=O)Nc8nc9ccccc9s8)c7C6)nc5C(=O)OC(C)(C)C)c4C)(C3)C1)C2)C1CCN(C(=O)OC(C)(C)C)CC1. The summed E-state index contributed by atoms with van der Waals surface area (Å²) in [4.78, 5) is 69.6. The summed E-state index contributed by atoms with van der Waals surface area (Å²) in [5.74, 6) is -0.292. The molecule has 1 saturated heterocycles. The molecule has 2 unspecified atom stereocenters. The standard InChI is InChI=1S/C61H80N8O8S/c1-40-45(43-20-21-49(64-51(43)53(72)76-56(2,3)4)68-26-22-41-15-13-16-44(46(41)32-68)52(71)65-54-63-47-17-11-12-18-48(47)78-54)31-62-69(40)39-60-34-58(8)33-59(9,35-60)37-61(36-58,38-60)75-30-29-66(25-14-19-50(70)74-10)42-23-27-67(28-24-42)55(73)77-57(5,6)7/h11-13,15-18,20-21,31,42H,14,19,22-30,32-39H2,1-10H3,(H,63,65,71)/t58?,59?,60-,61-. The van der Waals surface area contributed by atoms with Crippen LogP contribution < -0.4 is 10.2 Å². The Morgan fingerprint density at radius 3 is 2.26 bits per heavy atom. The van der Waals surface area contributed by atoms with Crippen LogP contribution in [0.4, 0.5) is 15.7 Å². The zero-order chi connectivity index (χ0) is 55.4. The second kappa shape index (κ2) is 21.3. The predicted molar refractivity (Wildman–Crippen MR) is 303 cm³/mol. The highest BCUT2D eigenvalue weighted by Gasteiger charge is 2.66. The number of thiazole rings is 1. The number of hydrogen-bond acceptors (Lipinski definition) is 14. The maximum atomic E-state index is 14.3. The molecule has 5 fully saturated rings. The van der Waals surface area contributed by atoms with Gasteiger partial charge in [0.25, 0.3) is 5.91 Å². The number of esters is 2. The van der Waals surface area contributed by atoms with Crippen molar-refractivity contribution in [2.45, 2.75) is 169 Å². The van der Waals surface area contributed by atoms with Crippen molar-refractivity contribution < 1.29 is 38.1 Å².